The minimum absolute atomic E-state index is 0.632. The first-order valence-corrected chi connectivity index (χ1v) is 15.2. The van der Waals surface area contributed by atoms with Crippen LogP contribution in [-0.4, -0.2) is 14.5 Å². The number of hydrogen-bond acceptors (Lipinski definition) is 4. The number of hydrogen-bond donors (Lipinski definition) is 0. The molecule has 0 spiro atoms. The molecular formula is C38H21N3OS. The topological polar surface area (TPSA) is 43.9 Å². The van der Waals surface area contributed by atoms with Crippen LogP contribution in [0.15, 0.2) is 132 Å². The van der Waals surface area contributed by atoms with Gasteiger partial charge in [-0.3, -0.25) is 4.57 Å². The fourth-order valence-corrected chi connectivity index (χ4v) is 7.84. The summed E-state index contributed by atoms with van der Waals surface area (Å²) in [6.07, 6.45) is 0. The van der Waals surface area contributed by atoms with Gasteiger partial charge in [0.25, 0.3) is 0 Å². The van der Waals surface area contributed by atoms with E-state index in [2.05, 4.69) is 114 Å². The zero-order valence-corrected chi connectivity index (χ0v) is 23.6. The molecule has 4 nitrogen and oxygen atoms in total. The standard InChI is InChI=1S/C38H21N3OS/c1-2-11-23-21-30-28(20-22(23)10-1)24-12-3-6-16-29(24)41(30)38-39-35-25-13-4-7-17-31(25)42-37(35)36(40-38)27-15-9-19-33-34(27)26-14-5-8-18-32(26)43-33/h1-21H. The van der Waals surface area contributed by atoms with Crippen LogP contribution in [0.2, 0.25) is 0 Å². The van der Waals surface area contributed by atoms with Gasteiger partial charge in [0.1, 0.15) is 16.8 Å². The largest absolute Gasteiger partial charge is 0.452 e. The summed E-state index contributed by atoms with van der Waals surface area (Å²) in [5, 5.41) is 8.17. The van der Waals surface area contributed by atoms with Gasteiger partial charge in [-0.25, -0.2) is 9.97 Å². The highest BCUT2D eigenvalue weighted by Gasteiger charge is 2.23. The van der Waals surface area contributed by atoms with Crippen molar-refractivity contribution in [2.45, 2.75) is 0 Å². The number of thiophene rings is 1. The molecule has 5 heteroatoms. The van der Waals surface area contributed by atoms with E-state index in [1.165, 1.54) is 41.7 Å². The van der Waals surface area contributed by atoms with Crippen molar-refractivity contribution in [1.82, 2.24) is 14.5 Å². The molecule has 4 aromatic heterocycles. The Kier molecular flexibility index (Phi) is 4.57. The quantitative estimate of drug-likeness (QED) is 0.209. The average Bonchev–Trinajstić information content (AvgIpc) is 3.72. The van der Waals surface area contributed by atoms with Crippen molar-refractivity contribution in [3.63, 3.8) is 0 Å². The first-order chi connectivity index (χ1) is 21.3. The highest BCUT2D eigenvalue weighted by atomic mass is 32.1. The van der Waals surface area contributed by atoms with Gasteiger partial charge >= 0.3 is 0 Å². The van der Waals surface area contributed by atoms with Crippen LogP contribution in [0.25, 0.3) is 92.0 Å². The summed E-state index contributed by atoms with van der Waals surface area (Å²) in [4.78, 5) is 10.7. The Morgan fingerprint density at radius 1 is 0.558 bits per heavy atom. The van der Waals surface area contributed by atoms with E-state index in [9.17, 15) is 0 Å². The second-order valence-corrected chi connectivity index (χ2v) is 12.1. The van der Waals surface area contributed by atoms with Gasteiger partial charge in [0, 0.05) is 41.9 Å². The van der Waals surface area contributed by atoms with Crippen LogP contribution in [-0.2, 0) is 0 Å². The summed E-state index contributed by atoms with van der Waals surface area (Å²) in [5.41, 5.74) is 6.34. The highest BCUT2D eigenvalue weighted by molar-refractivity contribution is 7.25. The van der Waals surface area contributed by atoms with Crippen LogP contribution >= 0.6 is 11.3 Å². The molecule has 0 saturated carbocycles. The number of para-hydroxylation sites is 2. The van der Waals surface area contributed by atoms with Crippen molar-refractivity contribution < 1.29 is 4.42 Å². The zero-order valence-electron chi connectivity index (χ0n) is 22.8. The van der Waals surface area contributed by atoms with Crippen LogP contribution in [0.5, 0.6) is 0 Å². The van der Waals surface area contributed by atoms with E-state index in [-0.39, 0.29) is 0 Å². The molecule has 0 N–H and O–H groups in total. The average molecular weight is 568 g/mol. The van der Waals surface area contributed by atoms with Crippen LogP contribution in [0.3, 0.4) is 0 Å². The molecule has 0 atom stereocenters. The summed E-state index contributed by atoms with van der Waals surface area (Å²) in [6, 6.07) is 44.8. The Balaban J connectivity index is 1.39. The van der Waals surface area contributed by atoms with Crippen LogP contribution < -0.4 is 0 Å². The van der Waals surface area contributed by atoms with E-state index in [0.717, 1.165) is 38.8 Å². The van der Waals surface area contributed by atoms with E-state index >= 15 is 0 Å². The molecule has 0 unspecified atom stereocenters. The third-order valence-electron chi connectivity index (χ3n) is 8.61. The fourth-order valence-electron chi connectivity index (χ4n) is 6.70. The SMILES string of the molecule is c1ccc2cc3c(cc2c1)c1ccccc1n3-c1nc(-c2cccc3sc4ccccc4c23)c2oc3ccccc3c2n1. The maximum atomic E-state index is 6.55. The molecule has 10 rings (SSSR count). The summed E-state index contributed by atoms with van der Waals surface area (Å²) >= 11 is 1.81. The summed E-state index contributed by atoms with van der Waals surface area (Å²) in [6.45, 7) is 0. The first-order valence-electron chi connectivity index (χ1n) is 14.3. The third kappa shape index (κ3) is 3.20. The molecule has 43 heavy (non-hydrogen) atoms. The fraction of sp³-hybridized carbons (Fsp3) is 0. The van der Waals surface area contributed by atoms with Crippen molar-refractivity contribution in [2.24, 2.45) is 0 Å². The smallest absolute Gasteiger partial charge is 0.236 e. The van der Waals surface area contributed by atoms with Gasteiger partial charge in [-0.1, -0.05) is 84.9 Å². The number of furan rings is 1. The van der Waals surface area contributed by atoms with Gasteiger partial charge in [-0.15, -0.1) is 11.3 Å². The van der Waals surface area contributed by atoms with Crippen molar-refractivity contribution >= 4 is 86.2 Å². The lowest BCUT2D eigenvalue weighted by atomic mass is 10.0. The first kappa shape index (κ1) is 23.1. The predicted molar refractivity (Wildman–Crippen MR) is 179 cm³/mol. The molecule has 4 heterocycles. The van der Waals surface area contributed by atoms with Crippen molar-refractivity contribution in [3.05, 3.63) is 127 Å². The Morgan fingerprint density at radius 3 is 2.19 bits per heavy atom. The maximum Gasteiger partial charge on any atom is 0.236 e. The molecule has 200 valence electrons. The molecule has 0 bridgehead atoms. The number of fused-ring (bicyclic) bond motifs is 10. The molecular weight excluding hydrogens is 547 g/mol. The Hall–Kier alpha value is -5.52. The highest BCUT2D eigenvalue weighted by Crippen LogP contribution is 2.43. The van der Waals surface area contributed by atoms with Gasteiger partial charge in [-0.2, -0.15) is 0 Å². The molecule has 0 amide bonds. The van der Waals surface area contributed by atoms with E-state index in [4.69, 9.17) is 14.4 Å². The molecule has 10 aromatic rings. The van der Waals surface area contributed by atoms with Gasteiger partial charge in [0.05, 0.1) is 11.0 Å². The third-order valence-corrected chi connectivity index (χ3v) is 9.74. The van der Waals surface area contributed by atoms with E-state index in [0.29, 0.717) is 11.5 Å². The van der Waals surface area contributed by atoms with E-state index in [1.807, 2.05) is 29.5 Å². The minimum Gasteiger partial charge on any atom is -0.452 e. The van der Waals surface area contributed by atoms with E-state index < -0.39 is 0 Å². The second kappa shape index (κ2) is 8.51. The summed E-state index contributed by atoms with van der Waals surface area (Å²) < 4.78 is 11.3. The van der Waals surface area contributed by atoms with Crippen LogP contribution in [0.1, 0.15) is 0 Å². The minimum atomic E-state index is 0.632. The number of aromatic nitrogens is 3. The number of nitrogens with zero attached hydrogens (tertiary/aromatic N) is 3. The van der Waals surface area contributed by atoms with Gasteiger partial charge < -0.3 is 4.42 Å². The van der Waals surface area contributed by atoms with Gasteiger partial charge in [0.15, 0.2) is 5.58 Å². The van der Waals surface area contributed by atoms with Crippen LogP contribution in [0.4, 0.5) is 0 Å². The Bertz CT molecular complexity index is 2750. The molecule has 0 fully saturated rings. The Labute approximate surface area is 249 Å². The lowest BCUT2D eigenvalue weighted by Crippen LogP contribution is -2.03. The van der Waals surface area contributed by atoms with Crippen LogP contribution in [0, 0.1) is 0 Å². The van der Waals surface area contributed by atoms with Crippen molar-refractivity contribution in [1.29, 1.82) is 0 Å². The lowest BCUT2D eigenvalue weighted by molar-refractivity contribution is 0.666. The zero-order chi connectivity index (χ0) is 28.1. The number of benzene rings is 6. The molecule has 0 aliphatic heterocycles. The van der Waals surface area contributed by atoms with Crippen molar-refractivity contribution in [3.8, 4) is 17.2 Å². The van der Waals surface area contributed by atoms with Gasteiger partial charge in [-0.05, 0) is 53.2 Å². The Morgan fingerprint density at radius 2 is 1.28 bits per heavy atom. The molecule has 6 aromatic carbocycles. The van der Waals surface area contributed by atoms with E-state index in [1.54, 1.807) is 0 Å². The molecule has 0 aliphatic carbocycles. The maximum absolute atomic E-state index is 6.55. The summed E-state index contributed by atoms with van der Waals surface area (Å²) in [7, 11) is 0. The molecule has 0 radical (unpaired) electrons. The molecule has 0 aliphatic rings. The second-order valence-electron chi connectivity index (χ2n) is 11.0. The predicted octanol–water partition coefficient (Wildman–Crippen LogP) is 10.7. The lowest BCUT2D eigenvalue weighted by Gasteiger charge is -2.11. The molecule has 0 saturated heterocycles. The normalized spacial score (nSPS) is 12.2. The number of rotatable bonds is 2. The van der Waals surface area contributed by atoms with Gasteiger partial charge in [0.2, 0.25) is 5.95 Å². The monoisotopic (exact) mass is 567 g/mol. The summed E-state index contributed by atoms with van der Waals surface area (Å²) in [5.74, 6) is 0.632. The van der Waals surface area contributed by atoms with Crippen molar-refractivity contribution in [2.75, 3.05) is 0 Å².